The average molecular weight is 410 g/mol. The molecular weight excluding hydrogens is 392 g/mol. The molecule has 152 valence electrons. The van der Waals surface area contributed by atoms with Crippen LogP contribution in [0.15, 0.2) is 48.9 Å². The first-order valence-electron chi connectivity index (χ1n) is 9.48. The Morgan fingerprint density at radius 2 is 2.06 bits per heavy atom. The Balaban J connectivity index is 1.64. The lowest BCUT2D eigenvalue weighted by Gasteiger charge is -2.17. The van der Waals surface area contributed by atoms with E-state index in [1.165, 1.54) is 0 Å². The molecule has 0 fully saturated rings. The quantitative estimate of drug-likeness (QED) is 0.519. The number of aromatic nitrogens is 5. The molecule has 0 aromatic carbocycles. The Hall–Kier alpha value is -4.50. The lowest BCUT2D eigenvalue weighted by molar-refractivity contribution is 0.0924. The van der Waals surface area contributed by atoms with Crippen LogP contribution in [0.2, 0.25) is 0 Å². The molecule has 31 heavy (non-hydrogen) atoms. The molecule has 4 aromatic rings. The highest BCUT2D eigenvalue weighted by Gasteiger charge is 2.21. The topological polar surface area (TPSA) is 136 Å². The molecule has 0 bridgehead atoms. The van der Waals surface area contributed by atoms with Gasteiger partial charge in [-0.1, -0.05) is 6.07 Å². The van der Waals surface area contributed by atoms with E-state index >= 15 is 0 Å². The molecular formula is C22H18N8O. The van der Waals surface area contributed by atoms with Crippen molar-refractivity contribution in [3.8, 4) is 34.7 Å². The van der Waals surface area contributed by atoms with E-state index in [1.54, 1.807) is 55.3 Å². The highest BCUT2D eigenvalue weighted by Crippen LogP contribution is 2.26. The summed E-state index contributed by atoms with van der Waals surface area (Å²) in [6.45, 7) is 3.43. The minimum absolute atomic E-state index is 0.184. The van der Waals surface area contributed by atoms with Gasteiger partial charge in [0.2, 0.25) is 0 Å². The van der Waals surface area contributed by atoms with E-state index in [2.05, 4.69) is 31.4 Å². The number of H-pyrrole nitrogens is 1. The number of carbonyl (C=O) groups is 1. The first kappa shape index (κ1) is 19.8. The second-order valence-electron chi connectivity index (χ2n) is 7.53. The zero-order chi connectivity index (χ0) is 22.0. The zero-order valence-corrected chi connectivity index (χ0v) is 16.9. The summed E-state index contributed by atoms with van der Waals surface area (Å²) in [5.74, 6) is -0.416. The molecule has 4 rings (SSSR count). The molecule has 0 aliphatic heterocycles. The predicted octanol–water partition coefficient (Wildman–Crippen LogP) is 3.04. The summed E-state index contributed by atoms with van der Waals surface area (Å²) in [4.78, 5) is 24.6. The predicted molar refractivity (Wildman–Crippen MR) is 113 cm³/mol. The van der Waals surface area contributed by atoms with Crippen molar-refractivity contribution in [2.75, 3.05) is 0 Å². The Labute approximate surface area is 178 Å². The second-order valence-corrected chi connectivity index (χ2v) is 7.53. The van der Waals surface area contributed by atoms with Crippen LogP contribution in [0.1, 0.15) is 24.3 Å². The van der Waals surface area contributed by atoms with Crippen LogP contribution in [-0.4, -0.2) is 36.2 Å². The fourth-order valence-corrected chi connectivity index (χ4v) is 3.07. The van der Waals surface area contributed by atoms with Gasteiger partial charge >= 0.3 is 0 Å². The van der Waals surface area contributed by atoms with Crippen LogP contribution in [0.4, 0.5) is 0 Å². The lowest BCUT2D eigenvalue weighted by Crippen LogP contribution is -2.42. The SMILES string of the molecule is CC(C)(C#N)NC(=O)c1cccc(-c2cnc3[nH]c(-c4cnn(CC#N)c4)cc3c2)n1. The number of nitrogens with one attached hydrogen (secondary N) is 2. The number of rotatable bonds is 5. The number of nitrogens with zero attached hydrogens (tertiary/aromatic N) is 6. The van der Waals surface area contributed by atoms with Crippen LogP contribution in [0.5, 0.6) is 0 Å². The minimum atomic E-state index is -0.988. The van der Waals surface area contributed by atoms with Crippen LogP contribution in [-0.2, 0) is 6.54 Å². The third-order valence-corrected chi connectivity index (χ3v) is 4.63. The molecule has 4 aromatic heterocycles. The standard InChI is InChI=1S/C22H18N8O/c1-22(2,13-24)29-21(31)18-5-3-4-17(27-18)15-8-14-9-19(28-20(14)25-10-15)16-11-26-30(12-16)7-6-23/h3-5,8-12H,7H2,1-2H3,(H,25,28)(H,29,31). The van der Waals surface area contributed by atoms with Gasteiger partial charge in [0, 0.05) is 28.9 Å². The molecule has 0 aliphatic rings. The molecule has 0 unspecified atom stereocenters. The smallest absolute Gasteiger partial charge is 0.271 e. The third-order valence-electron chi connectivity index (χ3n) is 4.63. The van der Waals surface area contributed by atoms with Gasteiger partial charge in [0.05, 0.1) is 29.7 Å². The number of aromatic amines is 1. The van der Waals surface area contributed by atoms with E-state index in [0.717, 1.165) is 22.2 Å². The number of amides is 1. The monoisotopic (exact) mass is 410 g/mol. The van der Waals surface area contributed by atoms with E-state index in [0.29, 0.717) is 11.3 Å². The van der Waals surface area contributed by atoms with Crippen molar-refractivity contribution in [1.29, 1.82) is 10.5 Å². The van der Waals surface area contributed by atoms with Gasteiger partial charge in [-0.15, -0.1) is 0 Å². The number of pyridine rings is 2. The summed E-state index contributed by atoms with van der Waals surface area (Å²) < 4.78 is 1.56. The van der Waals surface area contributed by atoms with E-state index in [9.17, 15) is 4.79 Å². The molecule has 9 heteroatoms. The number of nitriles is 2. The summed E-state index contributed by atoms with van der Waals surface area (Å²) in [6.07, 6.45) is 5.17. The molecule has 9 nitrogen and oxygen atoms in total. The van der Waals surface area contributed by atoms with Gasteiger partial charge in [-0.25, -0.2) is 9.97 Å². The lowest BCUT2D eigenvalue weighted by atomic mass is 10.1. The van der Waals surface area contributed by atoms with E-state index < -0.39 is 11.4 Å². The van der Waals surface area contributed by atoms with Crippen molar-refractivity contribution < 1.29 is 4.79 Å². The number of hydrogen-bond acceptors (Lipinski definition) is 6. The van der Waals surface area contributed by atoms with Gasteiger partial charge in [-0.3, -0.25) is 9.48 Å². The summed E-state index contributed by atoms with van der Waals surface area (Å²) in [6, 6.07) is 13.1. The molecule has 2 N–H and O–H groups in total. The molecule has 1 amide bonds. The van der Waals surface area contributed by atoms with Crippen molar-refractivity contribution >= 4 is 16.9 Å². The highest BCUT2D eigenvalue weighted by molar-refractivity contribution is 5.94. The van der Waals surface area contributed by atoms with Gasteiger partial charge in [-0.2, -0.15) is 15.6 Å². The molecule has 4 heterocycles. The normalized spacial score (nSPS) is 11.1. The first-order valence-corrected chi connectivity index (χ1v) is 9.48. The summed E-state index contributed by atoms with van der Waals surface area (Å²) in [7, 11) is 0. The molecule has 0 aliphatic carbocycles. The van der Waals surface area contributed by atoms with Gasteiger partial charge in [-0.05, 0) is 38.1 Å². The Bertz CT molecular complexity index is 1370. The zero-order valence-electron chi connectivity index (χ0n) is 16.9. The molecule has 0 radical (unpaired) electrons. The summed E-state index contributed by atoms with van der Waals surface area (Å²) in [5.41, 5.74) is 2.99. The van der Waals surface area contributed by atoms with Crippen LogP contribution in [0.3, 0.4) is 0 Å². The maximum Gasteiger partial charge on any atom is 0.271 e. The van der Waals surface area contributed by atoms with Crippen LogP contribution in [0.25, 0.3) is 33.5 Å². The number of carbonyl (C=O) groups excluding carboxylic acids is 1. The van der Waals surface area contributed by atoms with Crippen molar-refractivity contribution in [2.45, 2.75) is 25.9 Å². The summed E-state index contributed by atoms with van der Waals surface area (Å²) in [5, 5.41) is 25.6. The van der Waals surface area contributed by atoms with Crippen molar-refractivity contribution in [3.05, 3.63) is 54.6 Å². The fourth-order valence-electron chi connectivity index (χ4n) is 3.07. The van der Waals surface area contributed by atoms with Crippen molar-refractivity contribution in [2.24, 2.45) is 0 Å². The molecule has 0 spiro atoms. The van der Waals surface area contributed by atoms with Crippen molar-refractivity contribution in [1.82, 2.24) is 30.0 Å². The first-order chi connectivity index (χ1) is 14.9. The van der Waals surface area contributed by atoms with E-state index in [1.807, 2.05) is 18.2 Å². The third kappa shape index (κ3) is 4.11. The minimum Gasteiger partial charge on any atom is -0.339 e. The molecule has 0 saturated carbocycles. The van der Waals surface area contributed by atoms with Crippen LogP contribution < -0.4 is 5.32 Å². The Morgan fingerprint density at radius 3 is 2.84 bits per heavy atom. The Kier molecular flexibility index (Phi) is 4.94. The average Bonchev–Trinajstić information content (AvgIpc) is 3.40. The highest BCUT2D eigenvalue weighted by atomic mass is 16.2. The van der Waals surface area contributed by atoms with Gasteiger partial charge < -0.3 is 10.3 Å². The molecule has 0 saturated heterocycles. The maximum absolute atomic E-state index is 12.5. The molecule has 0 atom stereocenters. The largest absolute Gasteiger partial charge is 0.339 e. The summed E-state index contributed by atoms with van der Waals surface area (Å²) >= 11 is 0. The maximum atomic E-state index is 12.5. The number of fused-ring (bicyclic) bond motifs is 1. The second kappa shape index (κ2) is 7.73. The van der Waals surface area contributed by atoms with Crippen molar-refractivity contribution in [3.63, 3.8) is 0 Å². The van der Waals surface area contributed by atoms with Gasteiger partial charge in [0.25, 0.3) is 5.91 Å². The fraction of sp³-hybridized carbons (Fsp3) is 0.182. The number of hydrogen-bond donors (Lipinski definition) is 2. The van der Waals surface area contributed by atoms with E-state index in [-0.39, 0.29) is 12.2 Å². The Morgan fingerprint density at radius 1 is 1.23 bits per heavy atom. The van der Waals surface area contributed by atoms with Crippen LogP contribution in [0, 0.1) is 22.7 Å². The van der Waals surface area contributed by atoms with E-state index in [4.69, 9.17) is 10.5 Å². The van der Waals surface area contributed by atoms with Crippen LogP contribution >= 0.6 is 0 Å². The van der Waals surface area contributed by atoms with Gasteiger partial charge in [0.1, 0.15) is 23.4 Å². The van der Waals surface area contributed by atoms with Gasteiger partial charge in [0.15, 0.2) is 0 Å².